The predicted molar refractivity (Wildman–Crippen MR) is 89.7 cm³/mol. The molecular formula is C16H10F6INO2. The number of ether oxygens (including phenoxy) is 1. The van der Waals surface area contributed by atoms with Crippen molar-refractivity contribution in [3.05, 3.63) is 57.2 Å². The Balaban J connectivity index is 2.12. The second-order valence-corrected chi connectivity index (χ2v) is 6.33. The smallest absolute Gasteiger partial charge is 0.416 e. The molecule has 0 aliphatic heterocycles. The molecule has 0 radical (unpaired) electrons. The molecular weight excluding hydrogens is 479 g/mol. The number of hydrogen-bond acceptors (Lipinski definition) is 2. The van der Waals surface area contributed by atoms with Crippen LogP contribution < -0.4 is 10.1 Å². The van der Waals surface area contributed by atoms with Crippen LogP contribution in [0.3, 0.4) is 0 Å². The minimum atomic E-state index is -4.98. The van der Waals surface area contributed by atoms with Gasteiger partial charge in [-0.05, 0) is 65.1 Å². The normalized spacial score (nSPS) is 12.0. The Morgan fingerprint density at radius 1 is 0.923 bits per heavy atom. The first kappa shape index (κ1) is 20.3. The monoisotopic (exact) mass is 489 g/mol. The number of halogens is 7. The predicted octanol–water partition coefficient (Wildman–Crippen LogP) is 5.35. The van der Waals surface area contributed by atoms with Crippen molar-refractivity contribution in [1.29, 1.82) is 0 Å². The molecule has 2 aromatic carbocycles. The fourth-order valence-electron chi connectivity index (χ4n) is 1.89. The summed E-state index contributed by atoms with van der Waals surface area (Å²) < 4.78 is 82.3. The summed E-state index contributed by atoms with van der Waals surface area (Å²) in [5.74, 6) is -1.43. The van der Waals surface area contributed by atoms with Gasteiger partial charge in [0.25, 0.3) is 5.91 Å². The average Bonchev–Trinajstić information content (AvgIpc) is 2.53. The van der Waals surface area contributed by atoms with E-state index >= 15 is 0 Å². The van der Waals surface area contributed by atoms with Crippen LogP contribution in [-0.4, -0.2) is 12.5 Å². The van der Waals surface area contributed by atoms with Gasteiger partial charge in [-0.3, -0.25) is 4.79 Å². The summed E-state index contributed by atoms with van der Waals surface area (Å²) in [6, 6.07) is 7.40. The molecule has 0 aliphatic carbocycles. The van der Waals surface area contributed by atoms with Crippen molar-refractivity contribution in [3.63, 3.8) is 0 Å². The number of nitrogens with one attached hydrogen (secondary N) is 1. The fourth-order valence-corrected chi connectivity index (χ4v) is 2.25. The zero-order valence-electron chi connectivity index (χ0n) is 12.7. The number of carbonyl (C=O) groups is 1. The van der Waals surface area contributed by atoms with Crippen LogP contribution in [-0.2, 0) is 17.1 Å². The van der Waals surface area contributed by atoms with Gasteiger partial charge < -0.3 is 10.1 Å². The number of alkyl halides is 6. The molecule has 140 valence electrons. The van der Waals surface area contributed by atoms with E-state index in [1.54, 1.807) is 24.3 Å². The Hall–Kier alpha value is -1.98. The van der Waals surface area contributed by atoms with Gasteiger partial charge >= 0.3 is 12.4 Å². The van der Waals surface area contributed by atoms with E-state index < -0.39 is 41.7 Å². The van der Waals surface area contributed by atoms with Crippen LogP contribution in [0.2, 0.25) is 0 Å². The summed E-state index contributed by atoms with van der Waals surface area (Å²) in [7, 11) is 0. The largest absolute Gasteiger partial charge is 0.484 e. The van der Waals surface area contributed by atoms with Crippen LogP contribution in [0.5, 0.6) is 5.75 Å². The lowest BCUT2D eigenvalue weighted by Gasteiger charge is -2.14. The van der Waals surface area contributed by atoms with Gasteiger partial charge in [0.2, 0.25) is 0 Å². The van der Waals surface area contributed by atoms with E-state index in [-0.39, 0.29) is 6.07 Å². The molecule has 0 unspecified atom stereocenters. The highest BCUT2D eigenvalue weighted by Crippen LogP contribution is 2.38. The topological polar surface area (TPSA) is 38.3 Å². The first-order chi connectivity index (χ1) is 11.9. The molecule has 1 amide bonds. The Morgan fingerprint density at radius 2 is 1.42 bits per heavy atom. The van der Waals surface area contributed by atoms with Crippen molar-refractivity contribution < 1.29 is 35.9 Å². The second-order valence-electron chi connectivity index (χ2n) is 5.09. The zero-order chi connectivity index (χ0) is 19.5. The van der Waals surface area contributed by atoms with Gasteiger partial charge in [-0.25, -0.2) is 0 Å². The number of hydrogen-bond donors (Lipinski definition) is 1. The Labute approximate surface area is 157 Å². The fraction of sp³-hybridized carbons (Fsp3) is 0.188. The molecule has 3 nitrogen and oxygen atoms in total. The van der Waals surface area contributed by atoms with Gasteiger partial charge in [0.1, 0.15) is 5.75 Å². The van der Waals surface area contributed by atoms with Crippen LogP contribution in [0.1, 0.15) is 11.1 Å². The molecule has 0 aliphatic rings. The quantitative estimate of drug-likeness (QED) is 0.465. The van der Waals surface area contributed by atoms with E-state index in [2.05, 4.69) is 27.9 Å². The molecule has 10 heteroatoms. The zero-order valence-corrected chi connectivity index (χ0v) is 14.9. The highest BCUT2D eigenvalue weighted by molar-refractivity contribution is 14.1. The van der Waals surface area contributed by atoms with Crippen molar-refractivity contribution in [2.45, 2.75) is 12.4 Å². The Morgan fingerprint density at radius 3 is 1.88 bits per heavy atom. The van der Waals surface area contributed by atoms with Gasteiger partial charge in [0.05, 0.1) is 11.1 Å². The van der Waals surface area contributed by atoms with Gasteiger partial charge in [0, 0.05) is 9.26 Å². The van der Waals surface area contributed by atoms with Crippen molar-refractivity contribution in [3.8, 4) is 5.75 Å². The molecule has 0 saturated heterocycles. The summed E-state index contributed by atoms with van der Waals surface area (Å²) in [5.41, 5.74) is -2.61. The maximum absolute atomic E-state index is 12.8. The molecule has 2 aromatic rings. The number of anilines is 1. The van der Waals surface area contributed by atoms with Crippen molar-refractivity contribution in [2.75, 3.05) is 11.9 Å². The van der Waals surface area contributed by atoms with E-state index in [0.29, 0.717) is 17.8 Å². The van der Waals surface area contributed by atoms with E-state index in [0.717, 1.165) is 3.57 Å². The van der Waals surface area contributed by atoms with E-state index in [9.17, 15) is 31.1 Å². The second kappa shape index (κ2) is 7.72. The third-order valence-electron chi connectivity index (χ3n) is 3.06. The van der Waals surface area contributed by atoms with Crippen molar-refractivity contribution in [1.82, 2.24) is 0 Å². The number of rotatable bonds is 4. The molecule has 1 N–H and O–H groups in total. The third kappa shape index (κ3) is 5.78. The maximum atomic E-state index is 12.8. The minimum absolute atomic E-state index is 0.0154. The molecule has 0 aromatic heterocycles. The highest BCUT2D eigenvalue weighted by atomic mass is 127. The summed E-state index contributed by atoms with van der Waals surface area (Å²) >= 11 is 2.05. The Bertz CT molecular complexity index is 755. The number of benzene rings is 2. The van der Waals surface area contributed by atoms with Crippen LogP contribution in [0.15, 0.2) is 42.5 Å². The van der Waals surface area contributed by atoms with E-state index in [1.165, 1.54) is 0 Å². The number of carbonyl (C=O) groups excluding carboxylic acids is 1. The van der Waals surface area contributed by atoms with Crippen molar-refractivity contribution >= 4 is 34.2 Å². The van der Waals surface area contributed by atoms with E-state index in [4.69, 9.17) is 4.74 Å². The lowest BCUT2D eigenvalue weighted by Crippen LogP contribution is -2.20. The van der Waals surface area contributed by atoms with Crippen LogP contribution in [0.4, 0.5) is 32.0 Å². The molecule has 0 bridgehead atoms. The molecule has 2 rings (SSSR count). The molecule has 0 fully saturated rings. The first-order valence-corrected chi connectivity index (χ1v) is 8.01. The summed E-state index contributed by atoms with van der Waals surface area (Å²) in [5, 5.41) is 2.42. The summed E-state index contributed by atoms with van der Waals surface area (Å²) in [6.45, 7) is -0.745. The van der Waals surface area contributed by atoms with Gasteiger partial charge in [-0.2, -0.15) is 26.3 Å². The van der Waals surface area contributed by atoms with Gasteiger partial charge in [-0.1, -0.05) is 0 Å². The van der Waals surface area contributed by atoms with Crippen molar-refractivity contribution in [2.24, 2.45) is 0 Å². The van der Waals surface area contributed by atoms with E-state index in [1.807, 2.05) is 0 Å². The number of amides is 1. The lowest BCUT2D eigenvalue weighted by molar-refractivity contribution is -0.143. The molecule has 0 spiro atoms. The molecule has 26 heavy (non-hydrogen) atoms. The Kier molecular flexibility index (Phi) is 6.04. The van der Waals surface area contributed by atoms with Crippen LogP contribution >= 0.6 is 22.6 Å². The third-order valence-corrected chi connectivity index (χ3v) is 3.78. The first-order valence-electron chi connectivity index (χ1n) is 6.93. The van der Waals surface area contributed by atoms with Crippen LogP contribution in [0, 0.1) is 3.57 Å². The maximum Gasteiger partial charge on any atom is 0.416 e. The summed E-state index contributed by atoms with van der Waals surface area (Å²) in [6.07, 6.45) is -9.97. The molecule has 0 saturated carbocycles. The van der Waals surface area contributed by atoms with Gasteiger partial charge in [0.15, 0.2) is 6.61 Å². The molecule has 0 heterocycles. The van der Waals surface area contributed by atoms with Crippen LogP contribution in [0.25, 0.3) is 0 Å². The standard InChI is InChI=1S/C16H10F6INO2/c17-15(18,19)9-5-10(16(20,21)22)7-13(6-9)26-8-14(25)24-12-3-1-11(23)2-4-12/h1-7H,8H2,(H,24,25). The molecule has 0 atom stereocenters. The average molecular weight is 489 g/mol. The lowest BCUT2D eigenvalue weighted by atomic mass is 10.1. The SMILES string of the molecule is O=C(COc1cc(C(F)(F)F)cc(C(F)(F)F)c1)Nc1ccc(I)cc1. The van der Waals surface area contributed by atoms with Gasteiger partial charge in [-0.15, -0.1) is 0 Å². The highest BCUT2D eigenvalue weighted by Gasteiger charge is 2.37. The minimum Gasteiger partial charge on any atom is -0.484 e. The summed E-state index contributed by atoms with van der Waals surface area (Å²) in [4.78, 5) is 11.8.